The second-order valence-corrected chi connectivity index (χ2v) is 8.29. The lowest BCUT2D eigenvalue weighted by atomic mass is 9.97. The number of methoxy groups -OCH3 is 2. The van der Waals surface area contributed by atoms with Crippen LogP contribution in [-0.4, -0.2) is 43.0 Å². The molecule has 1 aliphatic heterocycles. The summed E-state index contributed by atoms with van der Waals surface area (Å²) in [6.45, 7) is 1.11. The number of anilines is 2. The van der Waals surface area contributed by atoms with Crippen LogP contribution in [-0.2, 0) is 4.79 Å². The van der Waals surface area contributed by atoms with Crippen molar-refractivity contribution in [3.8, 4) is 17.2 Å². The molecule has 1 amide bonds. The van der Waals surface area contributed by atoms with Crippen LogP contribution in [0.25, 0.3) is 5.69 Å². The summed E-state index contributed by atoms with van der Waals surface area (Å²) >= 11 is 6.22. The van der Waals surface area contributed by atoms with Gasteiger partial charge in [-0.2, -0.15) is 4.68 Å². The van der Waals surface area contributed by atoms with Crippen LogP contribution < -0.4 is 25.2 Å². The largest absolute Gasteiger partial charge is 0.495 e. The summed E-state index contributed by atoms with van der Waals surface area (Å²) in [7, 11) is 3.01. The van der Waals surface area contributed by atoms with Gasteiger partial charge in [-0.3, -0.25) is 9.59 Å². The number of halogens is 2. The Labute approximate surface area is 200 Å². The van der Waals surface area contributed by atoms with E-state index in [4.69, 9.17) is 21.1 Å². The first-order valence-electron chi connectivity index (χ1n) is 10.7. The minimum absolute atomic E-state index is 0.170. The van der Waals surface area contributed by atoms with Crippen LogP contribution >= 0.6 is 11.6 Å². The molecule has 1 unspecified atom stereocenters. The van der Waals surface area contributed by atoms with Crippen LogP contribution in [0.15, 0.2) is 53.3 Å². The molecule has 3 aromatic rings. The van der Waals surface area contributed by atoms with Gasteiger partial charge in [-0.05, 0) is 49.2 Å². The molecule has 0 bridgehead atoms. The summed E-state index contributed by atoms with van der Waals surface area (Å²) in [5, 5.41) is 7.72. The zero-order valence-electron chi connectivity index (χ0n) is 18.8. The van der Waals surface area contributed by atoms with Crippen LogP contribution in [0.4, 0.5) is 15.9 Å². The fourth-order valence-electron chi connectivity index (χ4n) is 3.93. The summed E-state index contributed by atoms with van der Waals surface area (Å²) in [5.41, 5.74) is 0.589. The minimum atomic E-state index is -0.396. The maximum atomic E-state index is 13.3. The number of hydrogen-bond acceptors (Lipinski definition) is 6. The minimum Gasteiger partial charge on any atom is -0.495 e. The molecule has 178 valence electrons. The van der Waals surface area contributed by atoms with Gasteiger partial charge in [0.2, 0.25) is 5.91 Å². The van der Waals surface area contributed by atoms with Crippen molar-refractivity contribution in [2.45, 2.75) is 12.8 Å². The van der Waals surface area contributed by atoms with Crippen molar-refractivity contribution in [1.29, 1.82) is 0 Å². The number of aromatic nitrogens is 2. The van der Waals surface area contributed by atoms with Gasteiger partial charge >= 0.3 is 0 Å². The monoisotopic (exact) mass is 486 g/mol. The standard InChI is InChI=1S/C24H24ClFN4O4/c1-33-20-13-21(34-2)19(12-18(20)25)27-24(32)15-4-3-11-29(14-15)22-9-10-23(31)30(28-22)17-7-5-16(26)6-8-17/h5-10,12-13,15H,3-4,11,14H2,1-2H3,(H,27,32). The smallest absolute Gasteiger partial charge is 0.271 e. The molecule has 0 saturated carbocycles. The average molecular weight is 487 g/mol. The molecule has 4 rings (SSSR count). The first kappa shape index (κ1) is 23.6. The van der Waals surface area contributed by atoms with Crippen molar-refractivity contribution >= 4 is 29.0 Å². The normalized spacial score (nSPS) is 15.6. The number of nitrogens with one attached hydrogen (secondary N) is 1. The fraction of sp³-hybridized carbons (Fsp3) is 0.292. The molecule has 0 spiro atoms. The highest BCUT2D eigenvalue weighted by Crippen LogP contribution is 2.36. The van der Waals surface area contributed by atoms with E-state index in [0.717, 1.165) is 6.42 Å². The molecule has 1 saturated heterocycles. The molecule has 1 fully saturated rings. The Hall–Kier alpha value is -3.59. The Morgan fingerprint density at radius 2 is 1.85 bits per heavy atom. The average Bonchev–Trinajstić information content (AvgIpc) is 2.85. The van der Waals surface area contributed by atoms with Gasteiger partial charge < -0.3 is 19.7 Å². The Balaban J connectivity index is 1.52. The maximum absolute atomic E-state index is 13.3. The van der Waals surface area contributed by atoms with Crippen LogP contribution in [0.5, 0.6) is 11.5 Å². The van der Waals surface area contributed by atoms with Crippen LogP contribution in [0, 0.1) is 11.7 Å². The highest BCUT2D eigenvalue weighted by molar-refractivity contribution is 6.32. The number of benzene rings is 2. The quantitative estimate of drug-likeness (QED) is 0.569. The van der Waals surface area contributed by atoms with E-state index in [1.54, 1.807) is 18.2 Å². The number of carbonyl (C=O) groups is 1. The first-order chi connectivity index (χ1) is 16.4. The van der Waals surface area contributed by atoms with E-state index in [1.165, 1.54) is 49.2 Å². The molecule has 0 radical (unpaired) electrons. The number of carbonyl (C=O) groups excluding carboxylic acids is 1. The van der Waals surface area contributed by atoms with Gasteiger partial charge in [0.25, 0.3) is 5.56 Å². The number of piperidine rings is 1. The Morgan fingerprint density at radius 1 is 1.12 bits per heavy atom. The Morgan fingerprint density at radius 3 is 2.56 bits per heavy atom. The molecule has 2 aromatic carbocycles. The third-order valence-electron chi connectivity index (χ3n) is 5.71. The molecule has 1 aromatic heterocycles. The van der Waals surface area contributed by atoms with Crippen molar-refractivity contribution < 1.29 is 18.7 Å². The summed E-state index contributed by atoms with van der Waals surface area (Å²) < 4.78 is 25.1. The van der Waals surface area contributed by atoms with Crippen LogP contribution in [0.2, 0.25) is 5.02 Å². The van der Waals surface area contributed by atoms with Gasteiger partial charge in [0.05, 0.1) is 36.5 Å². The fourth-order valence-corrected chi connectivity index (χ4v) is 4.17. The topological polar surface area (TPSA) is 85.7 Å². The number of amides is 1. The second-order valence-electron chi connectivity index (χ2n) is 7.88. The van der Waals surface area contributed by atoms with Crippen molar-refractivity contribution in [2.24, 2.45) is 5.92 Å². The van der Waals surface area contributed by atoms with Gasteiger partial charge in [0.15, 0.2) is 0 Å². The molecule has 2 heterocycles. The van der Waals surface area contributed by atoms with Gasteiger partial charge in [0, 0.05) is 25.2 Å². The van der Waals surface area contributed by atoms with Crippen molar-refractivity contribution in [2.75, 3.05) is 37.5 Å². The van der Waals surface area contributed by atoms with Crippen molar-refractivity contribution in [1.82, 2.24) is 9.78 Å². The lowest BCUT2D eigenvalue weighted by Gasteiger charge is -2.33. The van der Waals surface area contributed by atoms with Gasteiger partial charge in [0.1, 0.15) is 23.1 Å². The molecule has 1 N–H and O–H groups in total. The molecule has 10 heteroatoms. The summed E-state index contributed by atoms with van der Waals surface area (Å²) in [4.78, 5) is 27.4. The first-order valence-corrected chi connectivity index (χ1v) is 11.1. The van der Waals surface area contributed by atoms with Crippen molar-refractivity contribution in [3.05, 3.63) is 69.7 Å². The number of ether oxygens (including phenoxy) is 2. The number of nitrogens with zero attached hydrogens (tertiary/aromatic N) is 3. The summed E-state index contributed by atoms with van der Waals surface area (Å²) in [6.07, 6.45) is 1.47. The SMILES string of the molecule is COc1cc(OC)c(NC(=O)C2CCCN(c3ccc(=O)n(-c4ccc(F)cc4)n3)C2)cc1Cl. The predicted molar refractivity (Wildman–Crippen MR) is 128 cm³/mol. The molecular weight excluding hydrogens is 463 g/mol. The number of hydrogen-bond donors (Lipinski definition) is 1. The van der Waals surface area contributed by atoms with Crippen LogP contribution in [0.1, 0.15) is 12.8 Å². The number of rotatable bonds is 6. The van der Waals surface area contributed by atoms with E-state index in [0.29, 0.717) is 53.2 Å². The molecule has 0 aliphatic carbocycles. The molecule has 34 heavy (non-hydrogen) atoms. The second kappa shape index (κ2) is 10.1. The van der Waals surface area contributed by atoms with Gasteiger partial charge in [-0.25, -0.2) is 4.39 Å². The molecular formula is C24H24ClFN4O4. The third kappa shape index (κ3) is 4.99. The Bertz CT molecular complexity index is 1250. The zero-order chi connectivity index (χ0) is 24.2. The van der Waals surface area contributed by atoms with E-state index in [2.05, 4.69) is 10.4 Å². The molecule has 8 nitrogen and oxygen atoms in total. The molecule has 1 aliphatic rings. The lowest BCUT2D eigenvalue weighted by molar-refractivity contribution is -0.120. The Kier molecular flexibility index (Phi) is 7.02. The highest BCUT2D eigenvalue weighted by atomic mass is 35.5. The molecule has 1 atom stereocenters. The zero-order valence-corrected chi connectivity index (χ0v) is 19.5. The van der Waals surface area contributed by atoms with E-state index < -0.39 is 5.82 Å². The van der Waals surface area contributed by atoms with Gasteiger partial charge in [-0.15, -0.1) is 5.10 Å². The third-order valence-corrected chi connectivity index (χ3v) is 6.00. The van der Waals surface area contributed by atoms with E-state index >= 15 is 0 Å². The van der Waals surface area contributed by atoms with E-state index in [1.807, 2.05) is 4.90 Å². The van der Waals surface area contributed by atoms with Crippen molar-refractivity contribution in [3.63, 3.8) is 0 Å². The van der Waals surface area contributed by atoms with E-state index in [9.17, 15) is 14.0 Å². The van der Waals surface area contributed by atoms with Crippen LogP contribution in [0.3, 0.4) is 0 Å². The predicted octanol–water partition coefficient (Wildman–Crippen LogP) is 3.90. The summed E-state index contributed by atoms with van der Waals surface area (Å²) in [6, 6.07) is 11.8. The summed E-state index contributed by atoms with van der Waals surface area (Å²) in [5.74, 6) is 0.570. The van der Waals surface area contributed by atoms with E-state index in [-0.39, 0.29) is 17.4 Å². The lowest BCUT2D eigenvalue weighted by Crippen LogP contribution is -2.41. The van der Waals surface area contributed by atoms with Gasteiger partial charge in [-0.1, -0.05) is 11.6 Å². The highest BCUT2D eigenvalue weighted by Gasteiger charge is 2.28. The maximum Gasteiger partial charge on any atom is 0.271 e.